The molecule has 1 aliphatic heterocycles. The van der Waals surface area contributed by atoms with E-state index in [2.05, 4.69) is 10.2 Å². The predicted molar refractivity (Wildman–Crippen MR) is 134 cm³/mol. The Balaban J connectivity index is 1.65. The molecular weight excluding hydrogens is 454 g/mol. The first-order valence-corrected chi connectivity index (χ1v) is 12.0. The number of carbonyl (C=O) groups excluding carboxylic acids is 2. The lowest BCUT2D eigenvalue weighted by atomic mass is 10.0. The lowest BCUT2D eigenvalue weighted by Gasteiger charge is -2.29. The minimum absolute atomic E-state index is 0.0495. The number of hydrogen-bond acceptors (Lipinski definition) is 5. The third kappa shape index (κ3) is 6.87. The molecule has 1 N–H and O–H groups in total. The fraction of sp³-hybridized carbons (Fsp3) is 0.462. The molecule has 0 bridgehead atoms. The first-order chi connectivity index (χ1) is 16.3. The van der Waals surface area contributed by atoms with Gasteiger partial charge in [0.25, 0.3) is 5.91 Å². The first-order valence-electron chi connectivity index (χ1n) is 11.6. The fourth-order valence-electron chi connectivity index (χ4n) is 4.07. The molecule has 0 spiro atoms. The Morgan fingerprint density at radius 1 is 0.971 bits per heavy atom. The molecular formula is C26H34ClN3O4. The zero-order valence-electron chi connectivity index (χ0n) is 20.3. The molecule has 2 aromatic rings. The molecule has 8 heteroatoms. The van der Waals surface area contributed by atoms with Gasteiger partial charge in [0.2, 0.25) is 5.91 Å². The van der Waals surface area contributed by atoms with Crippen LogP contribution >= 0.6 is 11.6 Å². The van der Waals surface area contributed by atoms with Crippen molar-refractivity contribution in [2.75, 3.05) is 40.4 Å². The number of benzene rings is 2. The summed E-state index contributed by atoms with van der Waals surface area (Å²) in [5.41, 5.74) is 1.59. The second kappa shape index (κ2) is 12.1. The van der Waals surface area contributed by atoms with E-state index < -0.39 is 6.04 Å². The largest absolute Gasteiger partial charge is 0.497 e. The highest BCUT2D eigenvalue weighted by Gasteiger charge is 2.30. The Bertz CT molecular complexity index is 958. The maximum atomic E-state index is 13.4. The van der Waals surface area contributed by atoms with E-state index in [1.54, 1.807) is 18.2 Å². The number of ether oxygens (including phenoxy) is 2. The number of nitrogens with one attached hydrogen (secondary N) is 1. The predicted octanol–water partition coefficient (Wildman–Crippen LogP) is 3.85. The van der Waals surface area contributed by atoms with Crippen LogP contribution < -0.4 is 14.8 Å². The van der Waals surface area contributed by atoms with Crippen LogP contribution in [0, 0.1) is 5.92 Å². The van der Waals surface area contributed by atoms with Crippen molar-refractivity contribution >= 4 is 23.4 Å². The Morgan fingerprint density at radius 3 is 2.21 bits per heavy atom. The van der Waals surface area contributed by atoms with Crippen LogP contribution in [-0.4, -0.2) is 68.1 Å². The van der Waals surface area contributed by atoms with Crippen LogP contribution in [0.3, 0.4) is 0 Å². The van der Waals surface area contributed by atoms with E-state index in [-0.39, 0.29) is 17.7 Å². The first kappa shape index (κ1) is 25.8. The summed E-state index contributed by atoms with van der Waals surface area (Å²) in [6.45, 7) is 7.69. The van der Waals surface area contributed by atoms with Gasteiger partial charge in [0.05, 0.1) is 14.2 Å². The van der Waals surface area contributed by atoms with Crippen molar-refractivity contribution in [2.24, 2.45) is 5.92 Å². The molecule has 0 radical (unpaired) electrons. The van der Waals surface area contributed by atoms with E-state index in [4.69, 9.17) is 21.1 Å². The molecule has 1 heterocycles. The van der Waals surface area contributed by atoms with E-state index in [0.717, 1.165) is 31.1 Å². The zero-order valence-corrected chi connectivity index (χ0v) is 21.1. The van der Waals surface area contributed by atoms with E-state index >= 15 is 0 Å². The zero-order chi connectivity index (χ0) is 24.7. The number of nitrogens with zero attached hydrogens (tertiary/aromatic N) is 2. The summed E-state index contributed by atoms with van der Waals surface area (Å²) in [5.74, 6) is 0.600. The van der Waals surface area contributed by atoms with E-state index in [0.29, 0.717) is 30.2 Å². The third-order valence-electron chi connectivity index (χ3n) is 6.05. The van der Waals surface area contributed by atoms with Gasteiger partial charge < -0.3 is 19.7 Å². The van der Waals surface area contributed by atoms with Gasteiger partial charge in [-0.15, -0.1) is 0 Å². The Morgan fingerprint density at radius 2 is 1.62 bits per heavy atom. The molecule has 0 aromatic heterocycles. The Labute approximate surface area is 207 Å². The van der Waals surface area contributed by atoms with Crippen molar-refractivity contribution in [3.05, 3.63) is 58.6 Å². The molecule has 34 heavy (non-hydrogen) atoms. The van der Waals surface area contributed by atoms with Crippen molar-refractivity contribution in [3.8, 4) is 11.5 Å². The second-order valence-corrected chi connectivity index (χ2v) is 9.31. The highest BCUT2D eigenvalue weighted by atomic mass is 35.5. The molecule has 7 nitrogen and oxygen atoms in total. The van der Waals surface area contributed by atoms with Gasteiger partial charge in [0.1, 0.15) is 17.5 Å². The monoisotopic (exact) mass is 487 g/mol. The average molecular weight is 488 g/mol. The van der Waals surface area contributed by atoms with Gasteiger partial charge in [-0.05, 0) is 42.2 Å². The molecule has 2 amide bonds. The summed E-state index contributed by atoms with van der Waals surface area (Å²) in [6.07, 6.45) is 0.880. The average Bonchev–Trinajstić information content (AvgIpc) is 3.08. The smallest absolute Gasteiger partial charge is 0.252 e. The highest BCUT2D eigenvalue weighted by Crippen LogP contribution is 2.23. The molecule has 0 unspecified atom stereocenters. The van der Waals surface area contributed by atoms with Crippen molar-refractivity contribution < 1.29 is 19.1 Å². The van der Waals surface area contributed by atoms with Gasteiger partial charge in [-0.1, -0.05) is 37.6 Å². The molecule has 1 atom stereocenters. The molecule has 0 aliphatic carbocycles. The van der Waals surface area contributed by atoms with Crippen molar-refractivity contribution in [3.63, 3.8) is 0 Å². The van der Waals surface area contributed by atoms with Gasteiger partial charge in [0, 0.05) is 49.4 Å². The number of methoxy groups -OCH3 is 2. The maximum Gasteiger partial charge on any atom is 0.252 e. The highest BCUT2D eigenvalue weighted by molar-refractivity contribution is 6.30. The van der Waals surface area contributed by atoms with Crippen LogP contribution in [-0.2, 0) is 11.3 Å². The number of halogens is 1. The molecule has 0 saturated carbocycles. The summed E-state index contributed by atoms with van der Waals surface area (Å²) in [5, 5.41) is 3.67. The van der Waals surface area contributed by atoms with Crippen LogP contribution in [0.2, 0.25) is 5.02 Å². The lowest BCUT2D eigenvalue weighted by molar-refractivity contribution is -0.134. The SMILES string of the molecule is COc1cc(OC)cc(C(=O)N[C@H](C(=O)N2CCCN(Cc3ccc(Cl)cc3)CC2)C(C)C)c1. The lowest BCUT2D eigenvalue weighted by Crippen LogP contribution is -2.52. The van der Waals surface area contributed by atoms with Crippen LogP contribution in [0.4, 0.5) is 0 Å². The fourth-order valence-corrected chi connectivity index (χ4v) is 4.20. The van der Waals surface area contributed by atoms with Crippen LogP contribution in [0.15, 0.2) is 42.5 Å². The van der Waals surface area contributed by atoms with Crippen LogP contribution in [0.25, 0.3) is 0 Å². The molecule has 3 rings (SSSR count). The Kier molecular flexibility index (Phi) is 9.19. The van der Waals surface area contributed by atoms with E-state index in [1.807, 2.05) is 43.0 Å². The minimum atomic E-state index is -0.618. The molecule has 184 valence electrons. The number of carbonyl (C=O) groups is 2. The number of rotatable bonds is 8. The minimum Gasteiger partial charge on any atom is -0.497 e. The van der Waals surface area contributed by atoms with Gasteiger partial charge in [-0.3, -0.25) is 14.5 Å². The number of amides is 2. The standard InChI is InChI=1S/C26H34ClN3O4/c1-18(2)24(28-25(31)20-14-22(33-3)16-23(15-20)34-4)26(32)30-11-5-10-29(12-13-30)17-19-6-8-21(27)9-7-19/h6-9,14-16,18,24H,5,10-13,17H2,1-4H3,(H,28,31)/t24-/m0/s1. The molecule has 1 fully saturated rings. The third-order valence-corrected chi connectivity index (χ3v) is 6.30. The normalized spacial score (nSPS) is 15.5. The van der Waals surface area contributed by atoms with E-state index in [1.165, 1.54) is 19.8 Å². The molecule has 1 aliphatic rings. The quantitative estimate of drug-likeness (QED) is 0.612. The summed E-state index contributed by atoms with van der Waals surface area (Å²) in [4.78, 5) is 30.7. The maximum absolute atomic E-state index is 13.4. The van der Waals surface area contributed by atoms with Gasteiger partial charge in [-0.2, -0.15) is 0 Å². The van der Waals surface area contributed by atoms with Crippen molar-refractivity contribution in [1.82, 2.24) is 15.1 Å². The van der Waals surface area contributed by atoms with Crippen molar-refractivity contribution in [2.45, 2.75) is 32.9 Å². The molecule has 1 saturated heterocycles. The number of hydrogen-bond donors (Lipinski definition) is 1. The van der Waals surface area contributed by atoms with Gasteiger partial charge >= 0.3 is 0 Å². The van der Waals surface area contributed by atoms with Crippen molar-refractivity contribution in [1.29, 1.82) is 0 Å². The Hall–Kier alpha value is -2.77. The summed E-state index contributed by atoms with van der Waals surface area (Å²) < 4.78 is 10.5. The topological polar surface area (TPSA) is 71.1 Å². The van der Waals surface area contributed by atoms with Crippen LogP contribution in [0.5, 0.6) is 11.5 Å². The summed E-state index contributed by atoms with van der Waals surface area (Å²) >= 11 is 5.99. The van der Waals surface area contributed by atoms with Gasteiger partial charge in [0.15, 0.2) is 0 Å². The van der Waals surface area contributed by atoms with Gasteiger partial charge in [-0.25, -0.2) is 0 Å². The summed E-state index contributed by atoms with van der Waals surface area (Å²) in [6, 6.07) is 12.2. The molecule has 2 aromatic carbocycles. The summed E-state index contributed by atoms with van der Waals surface area (Å²) in [7, 11) is 3.07. The second-order valence-electron chi connectivity index (χ2n) is 8.88. The van der Waals surface area contributed by atoms with E-state index in [9.17, 15) is 9.59 Å². The van der Waals surface area contributed by atoms with Crippen LogP contribution in [0.1, 0.15) is 36.2 Å².